The van der Waals surface area contributed by atoms with Crippen LogP contribution >= 0.6 is 0 Å². The molecule has 0 aliphatic carbocycles. The zero-order valence-corrected chi connectivity index (χ0v) is 6.85. The molecule has 0 saturated carbocycles. The highest BCUT2D eigenvalue weighted by Crippen LogP contribution is 2.25. The minimum atomic E-state index is -0.408. The van der Waals surface area contributed by atoms with Gasteiger partial charge in [0.25, 0.3) is 0 Å². The summed E-state index contributed by atoms with van der Waals surface area (Å²) < 4.78 is 0. The quantitative estimate of drug-likeness (QED) is 0.602. The van der Waals surface area contributed by atoms with Gasteiger partial charge in [-0.3, -0.25) is 0 Å². The molecule has 0 aromatic heterocycles. The smallest absolute Gasteiger partial charge is 0.0809 e. The predicted octanol–water partition coefficient (Wildman–Crippen LogP) is 0.899. The summed E-state index contributed by atoms with van der Waals surface area (Å²) in [7, 11) is 0. The summed E-state index contributed by atoms with van der Waals surface area (Å²) in [5.74, 6) is 0. The maximum atomic E-state index is 9.90. The molecule has 10 heavy (non-hydrogen) atoms. The van der Waals surface area contributed by atoms with Crippen LogP contribution in [0.15, 0.2) is 0 Å². The number of rotatable bonds is 2. The Morgan fingerprint density at radius 1 is 1.70 bits per heavy atom. The lowest BCUT2D eigenvalue weighted by Gasteiger charge is -2.26. The second-order valence-corrected chi connectivity index (χ2v) is 3.28. The van der Waals surface area contributed by atoms with Crippen LogP contribution in [0.5, 0.6) is 0 Å². The first-order valence-electron chi connectivity index (χ1n) is 4.15. The van der Waals surface area contributed by atoms with E-state index in [1.165, 1.54) is 0 Å². The SMILES string of the molecule is CCCC1(O)CCNC1C. The van der Waals surface area contributed by atoms with E-state index >= 15 is 0 Å². The van der Waals surface area contributed by atoms with Crippen molar-refractivity contribution < 1.29 is 5.11 Å². The standard InChI is InChI=1S/C8H17NO/c1-3-4-8(10)5-6-9-7(8)2/h7,9-10H,3-6H2,1-2H3. The molecule has 1 fully saturated rings. The van der Waals surface area contributed by atoms with Crippen LogP contribution in [-0.4, -0.2) is 23.3 Å². The van der Waals surface area contributed by atoms with Crippen LogP contribution < -0.4 is 5.32 Å². The van der Waals surface area contributed by atoms with Crippen molar-refractivity contribution in [3.05, 3.63) is 0 Å². The Balaban J connectivity index is 2.48. The van der Waals surface area contributed by atoms with Gasteiger partial charge in [0.1, 0.15) is 0 Å². The summed E-state index contributed by atoms with van der Waals surface area (Å²) in [6.07, 6.45) is 2.92. The van der Waals surface area contributed by atoms with Crippen LogP contribution in [0.2, 0.25) is 0 Å². The first kappa shape index (κ1) is 8.02. The van der Waals surface area contributed by atoms with E-state index in [0.717, 1.165) is 25.8 Å². The molecular formula is C8H17NO. The molecule has 1 aliphatic heterocycles. The molecule has 2 N–H and O–H groups in total. The zero-order chi connectivity index (χ0) is 7.61. The van der Waals surface area contributed by atoms with E-state index in [9.17, 15) is 5.11 Å². The minimum Gasteiger partial charge on any atom is -0.388 e. The molecule has 1 rings (SSSR count). The van der Waals surface area contributed by atoms with Gasteiger partial charge in [0, 0.05) is 6.04 Å². The van der Waals surface area contributed by atoms with Crippen molar-refractivity contribution in [2.75, 3.05) is 6.54 Å². The lowest BCUT2D eigenvalue weighted by Crippen LogP contribution is -2.40. The predicted molar refractivity (Wildman–Crippen MR) is 41.9 cm³/mol. The van der Waals surface area contributed by atoms with E-state index in [0.29, 0.717) is 0 Å². The van der Waals surface area contributed by atoms with Gasteiger partial charge in [-0.05, 0) is 26.3 Å². The number of hydrogen-bond acceptors (Lipinski definition) is 2. The molecule has 1 saturated heterocycles. The Morgan fingerprint density at radius 3 is 2.80 bits per heavy atom. The third kappa shape index (κ3) is 1.32. The fourth-order valence-electron chi connectivity index (χ4n) is 1.69. The average Bonchev–Trinajstić information content (AvgIpc) is 2.15. The number of hydrogen-bond donors (Lipinski definition) is 2. The molecule has 0 aromatic rings. The maximum Gasteiger partial charge on any atom is 0.0809 e. The summed E-state index contributed by atoms with van der Waals surface area (Å²) in [6, 6.07) is 0.285. The molecular weight excluding hydrogens is 126 g/mol. The normalized spacial score (nSPS) is 40.5. The molecule has 0 bridgehead atoms. The van der Waals surface area contributed by atoms with Crippen molar-refractivity contribution in [3.63, 3.8) is 0 Å². The van der Waals surface area contributed by atoms with Crippen molar-refractivity contribution in [2.24, 2.45) is 0 Å². The van der Waals surface area contributed by atoms with Crippen LogP contribution in [-0.2, 0) is 0 Å². The lowest BCUT2D eigenvalue weighted by molar-refractivity contribution is 0.0239. The van der Waals surface area contributed by atoms with E-state index in [-0.39, 0.29) is 6.04 Å². The van der Waals surface area contributed by atoms with Gasteiger partial charge in [-0.2, -0.15) is 0 Å². The van der Waals surface area contributed by atoms with Crippen LogP contribution in [0.1, 0.15) is 33.1 Å². The van der Waals surface area contributed by atoms with Gasteiger partial charge in [0.05, 0.1) is 5.60 Å². The summed E-state index contributed by atoms with van der Waals surface area (Å²) >= 11 is 0. The minimum absolute atomic E-state index is 0.285. The van der Waals surface area contributed by atoms with Crippen molar-refractivity contribution in [2.45, 2.75) is 44.8 Å². The maximum absolute atomic E-state index is 9.90. The molecule has 0 spiro atoms. The Morgan fingerprint density at radius 2 is 2.40 bits per heavy atom. The molecule has 0 aromatic carbocycles. The van der Waals surface area contributed by atoms with Crippen LogP contribution in [0, 0.1) is 0 Å². The Bertz CT molecular complexity index is 116. The van der Waals surface area contributed by atoms with E-state index < -0.39 is 5.60 Å². The highest BCUT2D eigenvalue weighted by atomic mass is 16.3. The Labute approximate surface area is 62.6 Å². The molecule has 1 heterocycles. The lowest BCUT2D eigenvalue weighted by atomic mass is 9.91. The van der Waals surface area contributed by atoms with Crippen molar-refractivity contribution in [1.29, 1.82) is 0 Å². The van der Waals surface area contributed by atoms with Gasteiger partial charge in [-0.25, -0.2) is 0 Å². The molecule has 2 heteroatoms. The highest BCUT2D eigenvalue weighted by Gasteiger charge is 2.36. The van der Waals surface area contributed by atoms with Gasteiger partial charge in [-0.15, -0.1) is 0 Å². The monoisotopic (exact) mass is 143 g/mol. The third-order valence-electron chi connectivity index (χ3n) is 2.50. The van der Waals surface area contributed by atoms with Gasteiger partial charge in [0.15, 0.2) is 0 Å². The van der Waals surface area contributed by atoms with E-state index in [2.05, 4.69) is 19.2 Å². The first-order chi connectivity index (χ1) is 4.69. The summed E-state index contributed by atoms with van der Waals surface area (Å²) in [4.78, 5) is 0. The first-order valence-corrected chi connectivity index (χ1v) is 4.15. The molecule has 1 aliphatic rings. The van der Waals surface area contributed by atoms with Gasteiger partial charge in [0.2, 0.25) is 0 Å². The second-order valence-electron chi connectivity index (χ2n) is 3.28. The van der Waals surface area contributed by atoms with Gasteiger partial charge < -0.3 is 10.4 Å². The van der Waals surface area contributed by atoms with Crippen LogP contribution in [0.3, 0.4) is 0 Å². The summed E-state index contributed by atoms with van der Waals surface area (Å²) in [6.45, 7) is 5.14. The van der Waals surface area contributed by atoms with Gasteiger partial charge >= 0.3 is 0 Å². The molecule has 2 unspecified atom stereocenters. The summed E-state index contributed by atoms with van der Waals surface area (Å²) in [5, 5.41) is 13.1. The Kier molecular flexibility index (Phi) is 2.32. The topological polar surface area (TPSA) is 32.3 Å². The second kappa shape index (κ2) is 2.89. The Hall–Kier alpha value is -0.0800. The van der Waals surface area contributed by atoms with E-state index in [4.69, 9.17) is 0 Å². The summed E-state index contributed by atoms with van der Waals surface area (Å²) in [5.41, 5.74) is -0.408. The number of aliphatic hydroxyl groups is 1. The average molecular weight is 143 g/mol. The fraction of sp³-hybridized carbons (Fsp3) is 1.00. The van der Waals surface area contributed by atoms with Crippen molar-refractivity contribution in [1.82, 2.24) is 5.32 Å². The zero-order valence-electron chi connectivity index (χ0n) is 6.85. The molecule has 2 atom stereocenters. The van der Waals surface area contributed by atoms with Crippen molar-refractivity contribution in [3.8, 4) is 0 Å². The fourth-order valence-corrected chi connectivity index (χ4v) is 1.69. The molecule has 0 amide bonds. The largest absolute Gasteiger partial charge is 0.388 e. The molecule has 2 nitrogen and oxygen atoms in total. The highest BCUT2D eigenvalue weighted by molar-refractivity contribution is 4.94. The third-order valence-corrected chi connectivity index (χ3v) is 2.50. The molecule has 60 valence electrons. The van der Waals surface area contributed by atoms with E-state index in [1.54, 1.807) is 0 Å². The van der Waals surface area contributed by atoms with Crippen LogP contribution in [0.4, 0.5) is 0 Å². The van der Waals surface area contributed by atoms with E-state index in [1.807, 2.05) is 0 Å². The van der Waals surface area contributed by atoms with Crippen LogP contribution in [0.25, 0.3) is 0 Å². The number of nitrogens with one attached hydrogen (secondary N) is 1. The van der Waals surface area contributed by atoms with Crippen molar-refractivity contribution >= 4 is 0 Å². The molecule has 0 radical (unpaired) electrons. The van der Waals surface area contributed by atoms with Gasteiger partial charge in [-0.1, -0.05) is 13.3 Å².